The molecule has 1 saturated heterocycles. The first kappa shape index (κ1) is 13.7. The minimum Gasteiger partial charge on any atom is -0.485 e. The summed E-state index contributed by atoms with van der Waals surface area (Å²) in [6.45, 7) is 1.01. The van der Waals surface area contributed by atoms with E-state index in [0.29, 0.717) is 6.07 Å². The highest BCUT2D eigenvalue weighted by Crippen LogP contribution is 2.31. The van der Waals surface area contributed by atoms with Gasteiger partial charge in [-0.3, -0.25) is 10.1 Å². The molecule has 7 heteroatoms. The predicted molar refractivity (Wildman–Crippen MR) is 64.1 cm³/mol. The minimum absolute atomic E-state index is 0.0553. The number of piperidine rings is 1. The molecular weight excluding hydrogens is 258 g/mol. The molecule has 0 spiro atoms. The molecule has 1 atom stereocenters. The Hall–Kier alpha value is -1.76. The Balaban J connectivity index is 2.12. The van der Waals surface area contributed by atoms with Crippen molar-refractivity contribution in [1.82, 2.24) is 5.32 Å². The maximum atomic E-state index is 13.3. The highest BCUT2D eigenvalue weighted by atomic mass is 19.1. The number of rotatable bonds is 4. The summed E-state index contributed by atoms with van der Waals surface area (Å²) in [7, 11) is 0. The molecule has 0 aromatic heterocycles. The zero-order chi connectivity index (χ0) is 13.8. The predicted octanol–water partition coefficient (Wildman–Crippen LogP) is 2.39. The van der Waals surface area contributed by atoms with Crippen LogP contribution in [0.2, 0.25) is 0 Å². The van der Waals surface area contributed by atoms with Gasteiger partial charge in [0.2, 0.25) is 11.6 Å². The average molecular weight is 272 g/mol. The van der Waals surface area contributed by atoms with E-state index < -0.39 is 22.2 Å². The molecule has 2 rings (SSSR count). The van der Waals surface area contributed by atoms with E-state index in [0.717, 1.165) is 31.9 Å². The van der Waals surface area contributed by atoms with Gasteiger partial charge in [-0.2, -0.15) is 4.39 Å². The quantitative estimate of drug-likeness (QED) is 0.675. The van der Waals surface area contributed by atoms with Crippen molar-refractivity contribution in [2.45, 2.75) is 25.3 Å². The smallest absolute Gasteiger partial charge is 0.346 e. The third-order valence-corrected chi connectivity index (χ3v) is 3.03. The van der Waals surface area contributed by atoms with Gasteiger partial charge in [-0.15, -0.1) is 0 Å². The van der Waals surface area contributed by atoms with Gasteiger partial charge in [-0.1, -0.05) is 6.42 Å². The van der Waals surface area contributed by atoms with E-state index in [1.165, 1.54) is 0 Å². The fourth-order valence-corrected chi connectivity index (χ4v) is 2.09. The Morgan fingerprint density at radius 2 is 2.21 bits per heavy atom. The topological polar surface area (TPSA) is 64.4 Å². The molecule has 1 N–H and O–H groups in total. The zero-order valence-corrected chi connectivity index (χ0v) is 10.2. The molecule has 0 aliphatic carbocycles. The lowest BCUT2D eigenvalue weighted by Crippen LogP contribution is -2.38. The summed E-state index contributed by atoms with van der Waals surface area (Å²) < 4.78 is 31.6. The fourth-order valence-electron chi connectivity index (χ4n) is 2.09. The lowest BCUT2D eigenvalue weighted by Gasteiger charge is -2.23. The van der Waals surface area contributed by atoms with Gasteiger partial charge >= 0.3 is 5.69 Å². The fraction of sp³-hybridized carbons (Fsp3) is 0.500. The molecule has 1 aliphatic heterocycles. The number of ether oxygens (including phenoxy) is 1. The van der Waals surface area contributed by atoms with Crippen LogP contribution in [-0.2, 0) is 0 Å². The van der Waals surface area contributed by atoms with Gasteiger partial charge in [-0.25, -0.2) is 4.39 Å². The van der Waals surface area contributed by atoms with Crippen LogP contribution in [0.15, 0.2) is 12.1 Å². The van der Waals surface area contributed by atoms with Crippen molar-refractivity contribution >= 4 is 5.69 Å². The highest BCUT2D eigenvalue weighted by molar-refractivity contribution is 5.47. The molecule has 1 aliphatic rings. The van der Waals surface area contributed by atoms with Gasteiger partial charge in [0.25, 0.3) is 0 Å². The number of nitrogens with zero attached hydrogens (tertiary/aromatic N) is 1. The van der Waals surface area contributed by atoms with E-state index in [2.05, 4.69) is 5.32 Å². The van der Waals surface area contributed by atoms with Crippen molar-refractivity contribution < 1.29 is 18.4 Å². The first-order chi connectivity index (χ1) is 9.08. The monoisotopic (exact) mass is 272 g/mol. The van der Waals surface area contributed by atoms with Crippen LogP contribution >= 0.6 is 0 Å². The molecule has 1 fully saturated rings. The number of nitrogens with one attached hydrogen (secondary N) is 1. The average Bonchev–Trinajstić information content (AvgIpc) is 2.36. The van der Waals surface area contributed by atoms with Crippen molar-refractivity contribution in [3.05, 3.63) is 33.9 Å². The van der Waals surface area contributed by atoms with Crippen LogP contribution in [0, 0.1) is 21.7 Å². The first-order valence-corrected chi connectivity index (χ1v) is 6.07. The number of hydrogen-bond donors (Lipinski definition) is 1. The van der Waals surface area contributed by atoms with Gasteiger partial charge in [0.1, 0.15) is 12.4 Å². The largest absolute Gasteiger partial charge is 0.485 e. The van der Waals surface area contributed by atoms with Crippen LogP contribution < -0.4 is 10.1 Å². The van der Waals surface area contributed by atoms with Gasteiger partial charge in [-0.05, 0) is 19.4 Å². The summed E-state index contributed by atoms with van der Waals surface area (Å²) in [5, 5.41) is 13.9. The van der Waals surface area contributed by atoms with Gasteiger partial charge in [0.15, 0.2) is 0 Å². The maximum Gasteiger partial charge on any atom is 0.346 e. The molecule has 0 saturated carbocycles. The third-order valence-electron chi connectivity index (χ3n) is 3.03. The number of nitro groups is 1. The number of benzene rings is 1. The second-order valence-electron chi connectivity index (χ2n) is 4.45. The molecule has 19 heavy (non-hydrogen) atoms. The van der Waals surface area contributed by atoms with E-state index >= 15 is 0 Å². The Bertz CT molecular complexity index is 476. The van der Waals surface area contributed by atoms with Gasteiger partial charge in [0.05, 0.1) is 4.92 Å². The lowest BCUT2D eigenvalue weighted by molar-refractivity contribution is -0.388. The lowest BCUT2D eigenvalue weighted by atomic mass is 10.1. The summed E-state index contributed by atoms with van der Waals surface area (Å²) in [6, 6.07) is 1.37. The van der Waals surface area contributed by atoms with E-state index in [1.807, 2.05) is 0 Å². The summed E-state index contributed by atoms with van der Waals surface area (Å²) in [5.41, 5.74) is -0.822. The molecule has 1 aromatic rings. The van der Waals surface area contributed by atoms with Crippen molar-refractivity contribution in [3.8, 4) is 5.75 Å². The summed E-state index contributed by atoms with van der Waals surface area (Å²) in [4.78, 5) is 9.85. The standard InChI is InChI=1S/C12H14F2N2O3/c13-8-5-10(14)12(16(17)18)11(6-8)19-7-9-3-1-2-4-15-9/h5-6,9,15H,1-4,7H2. The SMILES string of the molecule is O=[N+]([O-])c1c(F)cc(F)cc1OCC1CCCCN1. The summed E-state index contributed by atoms with van der Waals surface area (Å²) in [5.74, 6) is -2.49. The third kappa shape index (κ3) is 3.37. The van der Waals surface area contributed by atoms with Crippen molar-refractivity contribution in [2.75, 3.05) is 13.2 Å². The second-order valence-corrected chi connectivity index (χ2v) is 4.45. The van der Waals surface area contributed by atoms with Crippen LogP contribution in [0.3, 0.4) is 0 Å². The molecule has 0 amide bonds. The molecule has 1 aromatic carbocycles. The molecule has 1 heterocycles. The van der Waals surface area contributed by atoms with Crippen molar-refractivity contribution in [1.29, 1.82) is 0 Å². The Morgan fingerprint density at radius 3 is 2.84 bits per heavy atom. The molecule has 5 nitrogen and oxygen atoms in total. The normalized spacial score (nSPS) is 19.2. The second kappa shape index (κ2) is 5.92. The maximum absolute atomic E-state index is 13.3. The molecule has 1 unspecified atom stereocenters. The van der Waals surface area contributed by atoms with Crippen LogP contribution in [0.4, 0.5) is 14.5 Å². The molecule has 0 bridgehead atoms. The van der Waals surface area contributed by atoms with Gasteiger partial charge < -0.3 is 10.1 Å². The van der Waals surface area contributed by atoms with Crippen molar-refractivity contribution in [3.63, 3.8) is 0 Å². The van der Waals surface area contributed by atoms with E-state index in [1.54, 1.807) is 0 Å². The van der Waals surface area contributed by atoms with Crippen LogP contribution in [0.1, 0.15) is 19.3 Å². The number of halogens is 2. The molecule has 104 valence electrons. The van der Waals surface area contributed by atoms with E-state index in [4.69, 9.17) is 4.74 Å². The summed E-state index contributed by atoms with van der Waals surface area (Å²) in [6.07, 6.45) is 3.00. The van der Waals surface area contributed by atoms with Crippen molar-refractivity contribution in [2.24, 2.45) is 0 Å². The Labute approximate surface area is 108 Å². The van der Waals surface area contributed by atoms with Crippen LogP contribution in [0.5, 0.6) is 5.75 Å². The van der Waals surface area contributed by atoms with Gasteiger partial charge in [0, 0.05) is 18.2 Å². The molecular formula is C12H14F2N2O3. The Morgan fingerprint density at radius 1 is 1.42 bits per heavy atom. The highest BCUT2D eigenvalue weighted by Gasteiger charge is 2.24. The number of hydrogen-bond acceptors (Lipinski definition) is 4. The first-order valence-electron chi connectivity index (χ1n) is 6.07. The van der Waals surface area contributed by atoms with Crippen LogP contribution in [0.25, 0.3) is 0 Å². The summed E-state index contributed by atoms with van der Waals surface area (Å²) >= 11 is 0. The zero-order valence-electron chi connectivity index (χ0n) is 10.2. The van der Waals surface area contributed by atoms with Crippen LogP contribution in [-0.4, -0.2) is 24.1 Å². The Kier molecular flexibility index (Phi) is 4.26. The molecule has 0 radical (unpaired) electrons. The minimum atomic E-state index is -1.23. The van der Waals surface area contributed by atoms with E-state index in [-0.39, 0.29) is 18.4 Å². The van der Waals surface area contributed by atoms with E-state index in [9.17, 15) is 18.9 Å². The number of nitro benzene ring substituents is 1.